The van der Waals surface area contributed by atoms with Crippen molar-refractivity contribution in [3.05, 3.63) is 29.8 Å². The molecular weight excluding hydrogens is 248 g/mol. The van der Waals surface area contributed by atoms with Crippen LogP contribution >= 0.6 is 0 Å². The number of nitrogens with zero attached hydrogens (tertiary/aromatic N) is 2. The molecule has 0 unspecified atom stereocenters. The lowest BCUT2D eigenvalue weighted by Gasteiger charge is -2.13. The number of guanidine groups is 1. The first-order valence-corrected chi connectivity index (χ1v) is 7.40. The molecule has 20 heavy (non-hydrogen) atoms. The first-order chi connectivity index (χ1) is 9.69. The minimum atomic E-state index is 0.868. The quantitative estimate of drug-likeness (QED) is 0.614. The third-order valence-corrected chi connectivity index (χ3v) is 3.64. The Hall–Kier alpha value is -1.71. The van der Waals surface area contributed by atoms with Crippen LogP contribution in [-0.2, 0) is 6.42 Å². The van der Waals surface area contributed by atoms with Gasteiger partial charge in [0.05, 0.1) is 0 Å². The van der Waals surface area contributed by atoms with Crippen molar-refractivity contribution in [1.82, 2.24) is 10.6 Å². The highest BCUT2D eigenvalue weighted by atomic mass is 15.2. The summed E-state index contributed by atoms with van der Waals surface area (Å²) in [5.74, 6) is 1.79. The molecule has 0 atom stereocenters. The molecule has 1 aliphatic rings. The number of benzene rings is 1. The Bertz CT molecular complexity index is 432. The Morgan fingerprint density at radius 1 is 1.20 bits per heavy atom. The number of hydrogen-bond acceptors (Lipinski definition) is 2. The van der Waals surface area contributed by atoms with Crippen LogP contribution in [0.5, 0.6) is 0 Å². The van der Waals surface area contributed by atoms with E-state index in [1.54, 1.807) is 0 Å². The summed E-state index contributed by atoms with van der Waals surface area (Å²) in [6.07, 6.45) is 3.74. The third kappa shape index (κ3) is 4.76. The molecule has 110 valence electrons. The van der Waals surface area contributed by atoms with Crippen molar-refractivity contribution in [2.24, 2.45) is 10.9 Å². The van der Waals surface area contributed by atoms with Crippen molar-refractivity contribution in [1.29, 1.82) is 0 Å². The fourth-order valence-corrected chi connectivity index (χ4v) is 2.07. The van der Waals surface area contributed by atoms with Crippen molar-refractivity contribution in [2.75, 3.05) is 39.1 Å². The van der Waals surface area contributed by atoms with Crippen LogP contribution in [0, 0.1) is 5.92 Å². The maximum atomic E-state index is 4.24. The van der Waals surface area contributed by atoms with Gasteiger partial charge in [0.2, 0.25) is 0 Å². The highest BCUT2D eigenvalue weighted by Crippen LogP contribution is 2.27. The lowest BCUT2D eigenvalue weighted by molar-refractivity contribution is 0.734. The van der Waals surface area contributed by atoms with Gasteiger partial charge >= 0.3 is 0 Å². The molecule has 0 heterocycles. The minimum absolute atomic E-state index is 0.868. The maximum absolute atomic E-state index is 4.24. The first kappa shape index (κ1) is 14.7. The van der Waals surface area contributed by atoms with Gasteiger partial charge in [-0.25, -0.2) is 0 Å². The van der Waals surface area contributed by atoms with E-state index in [4.69, 9.17) is 0 Å². The van der Waals surface area contributed by atoms with Crippen LogP contribution in [0.2, 0.25) is 0 Å². The molecule has 1 aliphatic carbocycles. The molecule has 2 rings (SSSR count). The van der Waals surface area contributed by atoms with E-state index < -0.39 is 0 Å². The molecule has 0 aromatic heterocycles. The van der Waals surface area contributed by atoms with Crippen molar-refractivity contribution < 1.29 is 0 Å². The molecule has 1 saturated carbocycles. The first-order valence-electron chi connectivity index (χ1n) is 7.40. The summed E-state index contributed by atoms with van der Waals surface area (Å²) in [5, 5.41) is 6.74. The van der Waals surface area contributed by atoms with Gasteiger partial charge in [0, 0.05) is 39.9 Å². The molecule has 0 spiro atoms. The van der Waals surface area contributed by atoms with Gasteiger partial charge in [0.15, 0.2) is 5.96 Å². The van der Waals surface area contributed by atoms with Crippen molar-refractivity contribution in [3.63, 3.8) is 0 Å². The Kier molecular flexibility index (Phi) is 5.27. The summed E-state index contributed by atoms with van der Waals surface area (Å²) in [6, 6.07) is 8.71. The molecule has 2 N–H and O–H groups in total. The van der Waals surface area contributed by atoms with Gasteiger partial charge in [-0.15, -0.1) is 0 Å². The van der Waals surface area contributed by atoms with Gasteiger partial charge in [-0.2, -0.15) is 0 Å². The Balaban J connectivity index is 1.70. The number of anilines is 1. The molecule has 0 bridgehead atoms. The Morgan fingerprint density at radius 2 is 1.90 bits per heavy atom. The predicted octanol–water partition coefficient (Wildman–Crippen LogP) is 1.87. The van der Waals surface area contributed by atoms with Gasteiger partial charge in [-0.1, -0.05) is 12.1 Å². The van der Waals surface area contributed by atoms with E-state index >= 15 is 0 Å². The van der Waals surface area contributed by atoms with Gasteiger partial charge < -0.3 is 15.5 Å². The number of rotatable bonds is 6. The molecule has 1 aromatic carbocycles. The molecule has 0 amide bonds. The average molecular weight is 274 g/mol. The number of hydrogen-bond donors (Lipinski definition) is 2. The van der Waals surface area contributed by atoms with Crippen LogP contribution in [0.3, 0.4) is 0 Å². The van der Waals surface area contributed by atoms with Crippen LogP contribution in [0.1, 0.15) is 18.4 Å². The summed E-state index contributed by atoms with van der Waals surface area (Å²) in [5.41, 5.74) is 2.59. The third-order valence-electron chi connectivity index (χ3n) is 3.64. The van der Waals surface area contributed by atoms with Crippen LogP contribution in [0.15, 0.2) is 29.3 Å². The molecule has 1 fully saturated rings. The van der Waals surface area contributed by atoms with E-state index in [0.29, 0.717) is 0 Å². The fourth-order valence-electron chi connectivity index (χ4n) is 2.07. The van der Waals surface area contributed by atoms with E-state index in [9.17, 15) is 0 Å². The molecule has 4 heteroatoms. The number of aliphatic imine (C=N–C) groups is 1. The monoisotopic (exact) mass is 274 g/mol. The summed E-state index contributed by atoms with van der Waals surface area (Å²) < 4.78 is 0. The largest absolute Gasteiger partial charge is 0.378 e. The van der Waals surface area contributed by atoms with Crippen LogP contribution in [-0.4, -0.2) is 40.2 Å². The summed E-state index contributed by atoms with van der Waals surface area (Å²) in [4.78, 5) is 6.36. The molecular formula is C16H26N4. The lowest BCUT2D eigenvalue weighted by Crippen LogP contribution is -2.39. The van der Waals surface area contributed by atoms with Crippen LogP contribution in [0.25, 0.3) is 0 Å². The topological polar surface area (TPSA) is 39.7 Å². The zero-order valence-electron chi connectivity index (χ0n) is 12.8. The Labute approximate surface area is 122 Å². The van der Waals surface area contributed by atoms with Crippen molar-refractivity contribution in [2.45, 2.75) is 19.3 Å². The zero-order valence-corrected chi connectivity index (χ0v) is 12.8. The molecule has 1 aromatic rings. The maximum Gasteiger partial charge on any atom is 0.190 e. The summed E-state index contributed by atoms with van der Waals surface area (Å²) in [7, 11) is 5.95. The second kappa shape index (κ2) is 7.17. The van der Waals surface area contributed by atoms with Crippen molar-refractivity contribution >= 4 is 11.6 Å². The second-order valence-electron chi connectivity index (χ2n) is 5.63. The normalized spacial score (nSPS) is 15.1. The average Bonchev–Trinajstić information content (AvgIpc) is 3.27. The van der Waals surface area contributed by atoms with E-state index in [1.807, 2.05) is 7.05 Å². The SMILES string of the molecule is CN=C(NCCc1ccc(N(C)C)cc1)NCC1CC1. The van der Waals surface area contributed by atoms with Gasteiger partial charge in [-0.05, 0) is 42.9 Å². The zero-order chi connectivity index (χ0) is 14.4. The van der Waals surface area contributed by atoms with Gasteiger partial charge in [-0.3, -0.25) is 4.99 Å². The predicted molar refractivity (Wildman–Crippen MR) is 86.6 cm³/mol. The van der Waals surface area contributed by atoms with Gasteiger partial charge in [0.1, 0.15) is 0 Å². The lowest BCUT2D eigenvalue weighted by atomic mass is 10.1. The smallest absolute Gasteiger partial charge is 0.190 e. The number of nitrogens with one attached hydrogen (secondary N) is 2. The van der Waals surface area contributed by atoms with E-state index in [-0.39, 0.29) is 0 Å². The van der Waals surface area contributed by atoms with E-state index in [2.05, 4.69) is 58.9 Å². The van der Waals surface area contributed by atoms with Crippen LogP contribution in [0.4, 0.5) is 5.69 Å². The minimum Gasteiger partial charge on any atom is -0.378 e. The van der Waals surface area contributed by atoms with E-state index in [0.717, 1.165) is 31.4 Å². The summed E-state index contributed by atoms with van der Waals surface area (Å²) in [6.45, 7) is 1.96. The van der Waals surface area contributed by atoms with Crippen LogP contribution < -0.4 is 15.5 Å². The van der Waals surface area contributed by atoms with Gasteiger partial charge in [0.25, 0.3) is 0 Å². The van der Waals surface area contributed by atoms with E-state index in [1.165, 1.54) is 24.1 Å². The van der Waals surface area contributed by atoms with Crippen molar-refractivity contribution in [3.8, 4) is 0 Å². The standard InChI is InChI=1S/C16H26N4/c1-17-16(19-12-14-4-5-14)18-11-10-13-6-8-15(9-7-13)20(2)3/h6-9,14H,4-5,10-12H2,1-3H3,(H2,17,18,19). The molecule has 0 saturated heterocycles. The molecule has 0 radical (unpaired) electrons. The fraction of sp³-hybridized carbons (Fsp3) is 0.562. The Morgan fingerprint density at radius 3 is 2.45 bits per heavy atom. The summed E-state index contributed by atoms with van der Waals surface area (Å²) >= 11 is 0. The molecule has 0 aliphatic heterocycles. The second-order valence-corrected chi connectivity index (χ2v) is 5.63. The highest BCUT2D eigenvalue weighted by Gasteiger charge is 2.20. The highest BCUT2D eigenvalue weighted by molar-refractivity contribution is 5.79. The molecule has 4 nitrogen and oxygen atoms in total.